The number of aliphatic hydroxyl groups excluding tert-OH is 1. The fraction of sp³-hybridized carbons (Fsp3) is 0.846. The minimum Gasteiger partial charge on any atom is -0.395 e. The van der Waals surface area contributed by atoms with Gasteiger partial charge in [0.2, 0.25) is 5.89 Å². The lowest BCUT2D eigenvalue weighted by atomic mass is 9.94. The van der Waals surface area contributed by atoms with E-state index in [0.29, 0.717) is 37.5 Å². The van der Waals surface area contributed by atoms with Gasteiger partial charge in [-0.3, -0.25) is 4.90 Å². The topological polar surface area (TPSA) is 71.6 Å². The summed E-state index contributed by atoms with van der Waals surface area (Å²) in [6.45, 7) is 1.80. The third-order valence-electron chi connectivity index (χ3n) is 3.60. The van der Waals surface area contributed by atoms with E-state index < -0.39 is 0 Å². The number of methoxy groups -OCH3 is 1. The first-order chi connectivity index (χ1) is 9.33. The Kier molecular flexibility index (Phi) is 5.75. The molecule has 1 fully saturated rings. The van der Waals surface area contributed by atoms with Crippen molar-refractivity contribution in [3.05, 3.63) is 11.7 Å². The van der Waals surface area contributed by atoms with Crippen molar-refractivity contribution >= 4 is 0 Å². The van der Waals surface area contributed by atoms with Crippen LogP contribution in [0.2, 0.25) is 0 Å². The number of hydrogen-bond acceptors (Lipinski definition) is 6. The number of ether oxygens (including phenoxy) is 1. The summed E-state index contributed by atoms with van der Waals surface area (Å²) in [6.07, 6.45) is 6.25. The lowest BCUT2D eigenvalue weighted by Crippen LogP contribution is -2.38. The largest absolute Gasteiger partial charge is 0.395 e. The number of aromatic nitrogens is 2. The van der Waals surface area contributed by atoms with Gasteiger partial charge in [0.25, 0.3) is 0 Å². The van der Waals surface area contributed by atoms with Gasteiger partial charge in [-0.1, -0.05) is 24.4 Å². The second-order valence-corrected chi connectivity index (χ2v) is 5.02. The molecule has 6 nitrogen and oxygen atoms in total. The minimum absolute atomic E-state index is 0.162. The van der Waals surface area contributed by atoms with Crippen LogP contribution in [0, 0.1) is 0 Å². The van der Waals surface area contributed by atoms with Crippen molar-refractivity contribution in [2.24, 2.45) is 0 Å². The Morgan fingerprint density at radius 2 is 2.16 bits per heavy atom. The summed E-state index contributed by atoms with van der Waals surface area (Å²) < 4.78 is 10.2. The predicted molar refractivity (Wildman–Crippen MR) is 69.4 cm³/mol. The van der Waals surface area contributed by atoms with Crippen LogP contribution in [0.3, 0.4) is 0 Å². The summed E-state index contributed by atoms with van der Waals surface area (Å²) in [5.41, 5.74) is 0. The van der Waals surface area contributed by atoms with Gasteiger partial charge < -0.3 is 14.4 Å². The standard InChI is InChI=1S/C13H23N3O3/c1-18-10-12-14-13(19-15-12)9-16(7-8-17)11-5-3-2-4-6-11/h11,17H,2-10H2,1H3. The smallest absolute Gasteiger partial charge is 0.240 e. The molecular weight excluding hydrogens is 246 g/mol. The molecule has 1 aliphatic rings. The van der Waals surface area contributed by atoms with Gasteiger partial charge in [-0.25, -0.2) is 0 Å². The molecule has 2 rings (SSSR count). The number of hydrogen-bond donors (Lipinski definition) is 1. The quantitative estimate of drug-likeness (QED) is 0.805. The van der Waals surface area contributed by atoms with Crippen molar-refractivity contribution in [1.29, 1.82) is 0 Å². The van der Waals surface area contributed by atoms with Crippen LogP contribution in [0.5, 0.6) is 0 Å². The van der Waals surface area contributed by atoms with Crippen LogP contribution in [0.15, 0.2) is 4.52 Å². The Labute approximate surface area is 113 Å². The van der Waals surface area contributed by atoms with E-state index in [1.165, 1.54) is 32.1 Å². The van der Waals surface area contributed by atoms with E-state index in [1.807, 2.05) is 0 Å². The molecule has 1 N–H and O–H groups in total. The van der Waals surface area contributed by atoms with Crippen LogP contribution in [0.4, 0.5) is 0 Å². The van der Waals surface area contributed by atoms with Gasteiger partial charge in [-0.15, -0.1) is 0 Å². The zero-order valence-corrected chi connectivity index (χ0v) is 11.5. The Morgan fingerprint density at radius 1 is 1.37 bits per heavy atom. The highest BCUT2D eigenvalue weighted by Crippen LogP contribution is 2.23. The summed E-state index contributed by atoms with van der Waals surface area (Å²) in [4.78, 5) is 6.54. The zero-order chi connectivity index (χ0) is 13.5. The lowest BCUT2D eigenvalue weighted by Gasteiger charge is -2.32. The van der Waals surface area contributed by atoms with Crippen LogP contribution in [-0.2, 0) is 17.9 Å². The number of aliphatic hydroxyl groups is 1. The highest BCUT2D eigenvalue weighted by Gasteiger charge is 2.22. The first-order valence-electron chi connectivity index (χ1n) is 6.98. The van der Waals surface area contributed by atoms with Crippen molar-refractivity contribution in [2.75, 3.05) is 20.3 Å². The van der Waals surface area contributed by atoms with E-state index in [1.54, 1.807) is 7.11 Å². The molecular formula is C13H23N3O3. The van der Waals surface area contributed by atoms with Crippen molar-refractivity contribution in [3.8, 4) is 0 Å². The average Bonchev–Trinajstić information content (AvgIpc) is 2.87. The summed E-state index contributed by atoms with van der Waals surface area (Å²) in [5.74, 6) is 1.18. The molecule has 19 heavy (non-hydrogen) atoms. The Hall–Kier alpha value is -0.980. The molecule has 6 heteroatoms. The molecule has 0 atom stereocenters. The Balaban J connectivity index is 1.94. The van der Waals surface area contributed by atoms with Gasteiger partial charge >= 0.3 is 0 Å². The van der Waals surface area contributed by atoms with Crippen LogP contribution >= 0.6 is 0 Å². The molecule has 1 saturated carbocycles. The van der Waals surface area contributed by atoms with Crippen LogP contribution in [-0.4, -0.2) is 46.5 Å². The van der Waals surface area contributed by atoms with E-state index >= 15 is 0 Å². The fourth-order valence-electron chi connectivity index (χ4n) is 2.68. The molecule has 108 valence electrons. The first kappa shape index (κ1) is 14.4. The maximum absolute atomic E-state index is 9.21. The predicted octanol–water partition coefficient (Wildman–Crippen LogP) is 1.34. The van der Waals surface area contributed by atoms with E-state index in [0.717, 1.165) is 0 Å². The van der Waals surface area contributed by atoms with Crippen molar-refractivity contribution in [3.63, 3.8) is 0 Å². The average molecular weight is 269 g/mol. The van der Waals surface area contributed by atoms with Crippen LogP contribution in [0.1, 0.15) is 43.8 Å². The second-order valence-electron chi connectivity index (χ2n) is 5.02. The molecule has 0 aromatic carbocycles. The van der Waals surface area contributed by atoms with Gasteiger partial charge in [0, 0.05) is 19.7 Å². The molecule has 0 radical (unpaired) electrons. The molecule has 0 spiro atoms. The number of nitrogens with zero attached hydrogens (tertiary/aromatic N) is 3. The number of rotatable bonds is 7. The van der Waals surface area contributed by atoms with E-state index in [2.05, 4.69) is 15.0 Å². The molecule has 1 aromatic rings. The molecule has 0 aliphatic heterocycles. The minimum atomic E-state index is 0.162. The second kappa shape index (κ2) is 7.57. The highest BCUT2D eigenvalue weighted by molar-refractivity contribution is 4.86. The van der Waals surface area contributed by atoms with Crippen molar-refractivity contribution < 1.29 is 14.4 Å². The summed E-state index contributed by atoms with van der Waals surface area (Å²) in [7, 11) is 1.61. The van der Waals surface area contributed by atoms with E-state index in [4.69, 9.17) is 9.26 Å². The fourth-order valence-corrected chi connectivity index (χ4v) is 2.68. The summed E-state index contributed by atoms with van der Waals surface area (Å²) >= 11 is 0. The SMILES string of the molecule is COCc1noc(CN(CCO)C2CCCCC2)n1. The van der Waals surface area contributed by atoms with Gasteiger partial charge in [0.15, 0.2) is 5.82 Å². The van der Waals surface area contributed by atoms with Gasteiger partial charge in [-0.2, -0.15) is 4.98 Å². The molecule has 0 bridgehead atoms. The molecule has 0 amide bonds. The van der Waals surface area contributed by atoms with Crippen molar-refractivity contribution in [1.82, 2.24) is 15.0 Å². The summed E-state index contributed by atoms with van der Waals surface area (Å²) in [6, 6.07) is 0.527. The van der Waals surface area contributed by atoms with Gasteiger partial charge in [0.05, 0.1) is 13.2 Å². The molecule has 1 aliphatic carbocycles. The zero-order valence-electron chi connectivity index (χ0n) is 11.5. The Morgan fingerprint density at radius 3 is 2.84 bits per heavy atom. The summed E-state index contributed by atoms with van der Waals surface area (Å²) in [5, 5.41) is 13.1. The maximum Gasteiger partial charge on any atom is 0.240 e. The van der Waals surface area contributed by atoms with Crippen LogP contribution in [0.25, 0.3) is 0 Å². The lowest BCUT2D eigenvalue weighted by molar-refractivity contribution is 0.105. The molecule has 1 heterocycles. The van der Waals surface area contributed by atoms with Crippen LogP contribution < -0.4 is 0 Å². The van der Waals surface area contributed by atoms with Crippen molar-refractivity contribution in [2.45, 2.75) is 51.3 Å². The molecule has 0 unspecified atom stereocenters. The van der Waals surface area contributed by atoms with Gasteiger partial charge in [0.1, 0.15) is 6.61 Å². The van der Waals surface area contributed by atoms with E-state index in [9.17, 15) is 5.11 Å². The highest BCUT2D eigenvalue weighted by atomic mass is 16.5. The Bertz CT molecular complexity index is 364. The first-order valence-corrected chi connectivity index (χ1v) is 6.98. The van der Waals surface area contributed by atoms with Gasteiger partial charge in [-0.05, 0) is 12.8 Å². The normalized spacial score (nSPS) is 17.2. The van der Waals surface area contributed by atoms with E-state index in [-0.39, 0.29) is 6.61 Å². The molecule has 1 aromatic heterocycles. The third-order valence-corrected chi connectivity index (χ3v) is 3.60. The monoisotopic (exact) mass is 269 g/mol. The molecule has 0 saturated heterocycles. The third kappa shape index (κ3) is 4.26. The maximum atomic E-state index is 9.21.